The van der Waals surface area contributed by atoms with Crippen LogP contribution in [0.2, 0.25) is 0 Å². The Kier molecular flexibility index (Phi) is 6.11. The van der Waals surface area contributed by atoms with Crippen molar-refractivity contribution in [2.45, 2.75) is 52.2 Å². The van der Waals surface area contributed by atoms with E-state index in [1.54, 1.807) is 27.7 Å². The Morgan fingerprint density at radius 2 is 1.63 bits per heavy atom. The van der Waals surface area contributed by atoms with E-state index in [1.165, 1.54) is 11.8 Å². The standard InChI is InChI=1S/C10H19F3N2O3S/c1-6-18-9(15(7(2)3)8(4)5)14-19(16,17)10(11,12)13/h7-8H,6H2,1-5H3/b14-9-. The highest BCUT2D eigenvalue weighted by molar-refractivity contribution is 7.91. The number of ether oxygens (including phenoxy) is 1. The van der Waals surface area contributed by atoms with Gasteiger partial charge in [0.05, 0.1) is 6.61 Å². The molecule has 5 nitrogen and oxygen atoms in total. The van der Waals surface area contributed by atoms with Crippen LogP contribution in [0.15, 0.2) is 4.40 Å². The van der Waals surface area contributed by atoms with Crippen molar-refractivity contribution in [3.8, 4) is 0 Å². The first kappa shape index (κ1) is 18.0. The lowest BCUT2D eigenvalue weighted by atomic mass is 10.2. The fourth-order valence-electron chi connectivity index (χ4n) is 1.47. The lowest BCUT2D eigenvalue weighted by molar-refractivity contribution is -0.0436. The average Bonchev–Trinajstić information content (AvgIpc) is 2.13. The molecule has 0 radical (unpaired) electrons. The van der Waals surface area contributed by atoms with Crippen LogP contribution in [0, 0.1) is 0 Å². The number of nitrogens with zero attached hydrogens (tertiary/aromatic N) is 2. The van der Waals surface area contributed by atoms with Gasteiger partial charge in [-0.05, 0) is 34.6 Å². The van der Waals surface area contributed by atoms with Gasteiger partial charge in [-0.1, -0.05) is 0 Å². The molecule has 0 aliphatic heterocycles. The van der Waals surface area contributed by atoms with Gasteiger partial charge >= 0.3 is 21.6 Å². The van der Waals surface area contributed by atoms with Gasteiger partial charge in [-0.2, -0.15) is 21.6 Å². The maximum Gasteiger partial charge on any atom is 0.518 e. The number of alkyl halides is 3. The molecule has 0 fully saturated rings. The van der Waals surface area contributed by atoms with Crippen LogP contribution in [0.1, 0.15) is 34.6 Å². The highest BCUT2D eigenvalue weighted by Crippen LogP contribution is 2.25. The van der Waals surface area contributed by atoms with Crippen molar-refractivity contribution in [3.05, 3.63) is 0 Å². The Morgan fingerprint density at radius 3 is 1.89 bits per heavy atom. The molecule has 0 aromatic carbocycles. The molecule has 0 aliphatic rings. The molecule has 114 valence electrons. The number of hydrogen-bond donors (Lipinski definition) is 0. The van der Waals surface area contributed by atoms with Crippen molar-refractivity contribution in [1.29, 1.82) is 0 Å². The minimum atomic E-state index is -5.61. The predicted molar refractivity (Wildman–Crippen MR) is 66.1 cm³/mol. The monoisotopic (exact) mass is 304 g/mol. The first-order chi connectivity index (χ1) is 8.44. The van der Waals surface area contributed by atoms with Gasteiger partial charge in [0.15, 0.2) is 0 Å². The number of hydrogen-bond acceptors (Lipinski definition) is 3. The molecule has 9 heteroatoms. The quantitative estimate of drug-likeness (QED) is 0.591. The molecule has 0 rings (SSSR count). The SMILES string of the molecule is CCO/C(=N\S(=O)(=O)C(F)(F)F)N(C(C)C)C(C)C. The smallest absolute Gasteiger partial charge is 0.465 e. The minimum absolute atomic E-state index is 0.0160. The molecule has 0 heterocycles. The number of amidine groups is 1. The normalized spacial score (nSPS) is 14.1. The van der Waals surface area contributed by atoms with Crippen molar-refractivity contribution >= 4 is 16.0 Å². The molecule has 0 aliphatic carbocycles. The molecule has 0 amide bonds. The molecule has 0 aromatic heterocycles. The maximum absolute atomic E-state index is 12.3. The van der Waals surface area contributed by atoms with Crippen LogP contribution in [0.5, 0.6) is 0 Å². The molecule has 0 atom stereocenters. The summed E-state index contributed by atoms with van der Waals surface area (Å²) < 4.78 is 66.9. The van der Waals surface area contributed by atoms with Crippen molar-refractivity contribution in [2.75, 3.05) is 6.61 Å². The molecule has 0 bridgehead atoms. The van der Waals surface area contributed by atoms with Gasteiger partial charge in [0.2, 0.25) is 0 Å². The van der Waals surface area contributed by atoms with E-state index in [4.69, 9.17) is 4.74 Å². The van der Waals surface area contributed by atoms with Crippen LogP contribution < -0.4 is 0 Å². The van der Waals surface area contributed by atoms with Gasteiger partial charge in [0.25, 0.3) is 0 Å². The fourth-order valence-corrected chi connectivity index (χ4v) is 1.93. The summed E-state index contributed by atoms with van der Waals surface area (Å²) in [6, 6.07) is -1.05. The van der Waals surface area contributed by atoms with Crippen LogP contribution in [0.25, 0.3) is 0 Å². The van der Waals surface area contributed by atoms with Crippen LogP contribution in [0.4, 0.5) is 13.2 Å². The van der Waals surface area contributed by atoms with E-state index in [0.29, 0.717) is 0 Å². The highest BCUT2D eigenvalue weighted by Gasteiger charge is 2.47. The van der Waals surface area contributed by atoms with Crippen LogP contribution in [0.3, 0.4) is 0 Å². The van der Waals surface area contributed by atoms with Gasteiger partial charge in [-0.25, -0.2) is 0 Å². The van der Waals surface area contributed by atoms with Crippen LogP contribution in [-0.2, 0) is 14.8 Å². The van der Waals surface area contributed by atoms with Crippen LogP contribution >= 0.6 is 0 Å². The van der Waals surface area contributed by atoms with Crippen molar-refractivity contribution in [2.24, 2.45) is 4.40 Å². The van der Waals surface area contributed by atoms with E-state index in [2.05, 4.69) is 4.40 Å². The molecule has 19 heavy (non-hydrogen) atoms. The third-order valence-corrected chi connectivity index (χ3v) is 3.08. The number of halogens is 3. The largest absolute Gasteiger partial charge is 0.518 e. The Morgan fingerprint density at radius 1 is 1.21 bits per heavy atom. The minimum Gasteiger partial charge on any atom is -0.465 e. The summed E-state index contributed by atoms with van der Waals surface area (Å²) in [5, 5.41) is 0. The summed E-state index contributed by atoms with van der Waals surface area (Å²) in [7, 11) is -5.61. The lowest BCUT2D eigenvalue weighted by Gasteiger charge is -2.32. The van der Waals surface area contributed by atoms with Gasteiger partial charge in [0, 0.05) is 12.1 Å². The Hall–Kier alpha value is -0.990. The fraction of sp³-hybridized carbons (Fsp3) is 0.900. The van der Waals surface area contributed by atoms with Gasteiger partial charge < -0.3 is 9.64 Å². The zero-order chi connectivity index (χ0) is 15.4. The van der Waals surface area contributed by atoms with Gasteiger partial charge in [-0.15, -0.1) is 4.40 Å². The summed E-state index contributed by atoms with van der Waals surface area (Å²) in [4.78, 5) is 1.37. The second-order valence-corrected chi connectivity index (χ2v) is 5.92. The highest BCUT2D eigenvalue weighted by atomic mass is 32.2. The summed E-state index contributed by atoms with van der Waals surface area (Å²) in [5.41, 5.74) is -5.44. The Bertz CT molecular complexity index is 408. The van der Waals surface area contributed by atoms with Gasteiger partial charge in [0.1, 0.15) is 0 Å². The molecule has 0 saturated heterocycles. The van der Waals surface area contributed by atoms with Crippen molar-refractivity contribution in [3.63, 3.8) is 0 Å². The summed E-state index contributed by atoms with van der Waals surface area (Å²) >= 11 is 0. The van der Waals surface area contributed by atoms with Crippen molar-refractivity contribution in [1.82, 2.24) is 4.90 Å². The van der Waals surface area contributed by atoms with Crippen LogP contribution in [-0.4, -0.2) is 43.5 Å². The first-order valence-corrected chi connectivity index (χ1v) is 7.20. The third-order valence-electron chi connectivity index (χ3n) is 2.10. The van der Waals surface area contributed by atoms with Gasteiger partial charge in [-0.3, -0.25) is 0 Å². The summed E-state index contributed by atoms with van der Waals surface area (Å²) in [6.45, 7) is 8.36. The molecule has 0 unspecified atom stereocenters. The average molecular weight is 304 g/mol. The van der Waals surface area contributed by atoms with E-state index in [-0.39, 0.29) is 18.7 Å². The zero-order valence-corrected chi connectivity index (χ0v) is 12.3. The molecular formula is C10H19F3N2O3S. The topological polar surface area (TPSA) is 59.0 Å². The lowest BCUT2D eigenvalue weighted by Crippen LogP contribution is -2.44. The van der Waals surface area contributed by atoms with E-state index in [1.807, 2.05) is 0 Å². The van der Waals surface area contributed by atoms with E-state index in [0.717, 1.165) is 0 Å². The predicted octanol–water partition coefficient (Wildman–Crippen LogP) is 2.35. The molecule has 0 aromatic rings. The number of sulfonamides is 1. The number of rotatable bonds is 4. The summed E-state index contributed by atoms with van der Waals surface area (Å²) in [5.74, 6) is 0. The molecule has 0 saturated carbocycles. The Labute approximate surface area is 111 Å². The van der Waals surface area contributed by atoms with E-state index < -0.39 is 21.6 Å². The first-order valence-electron chi connectivity index (χ1n) is 5.76. The second kappa shape index (κ2) is 6.44. The van der Waals surface area contributed by atoms with Crippen molar-refractivity contribution < 1.29 is 26.3 Å². The Balaban J connectivity index is 5.67. The zero-order valence-electron chi connectivity index (χ0n) is 11.5. The summed E-state index contributed by atoms with van der Waals surface area (Å²) in [6.07, 6.45) is 0. The van der Waals surface area contributed by atoms with E-state index >= 15 is 0 Å². The van der Waals surface area contributed by atoms with E-state index in [9.17, 15) is 21.6 Å². The maximum atomic E-state index is 12.3. The third kappa shape index (κ3) is 4.88. The molecular weight excluding hydrogens is 285 g/mol. The molecule has 0 spiro atoms. The molecule has 0 N–H and O–H groups in total. The second-order valence-electron chi connectivity index (χ2n) is 4.32.